The third-order valence-electron chi connectivity index (χ3n) is 3.02. The zero-order valence-electron chi connectivity index (χ0n) is 9.89. The van der Waals surface area contributed by atoms with Gasteiger partial charge < -0.3 is 5.11 Å². The number of nitrogens with zero attached hydrogens (tertiary/aromatic N) is 1. The molecule has 17 heavy (non-hydrogen) atoms. The van der Waals surface area contributed by atoms with E-state index in [1.165, 1.54) is 25.7 Å². The Balaban J connectivity index is 1.89. The molecule has 0 amide bonds. The Kier molecular flexibility index (Phi) is 4.45. The molecule has 0 radical (unpaired) electrons. The average Bonchev–Trinajstić information content (AvgIpc) is 2.64. The molecule has 94 valence electrons. The van der Waals surface area contributed by atoms with Crippen LogP contribution in [-0.4, -0.2) is 21.3 Å². The summed E-state index contributed by atoms with van der Waals surface area (Å²) in [7, 11) is 0. The number of thioether (sulfide) groups is 1. The Morgan fingerprint density at radius 3 is 3.18 bits per heavy atom. The van der Waals surface area contributed by atoms with E-state index in [0.717, 1.165) is 10.3 Å². The Morgan fingerprint density at radius 2 is 2.47 bits per heavy atom. The van der Waals surface area contributed by atoms with Crippen LogP contribution < -0.4 is 0 Å². The zero-order valence-corrected chi connectivity index (χ0v) is 11.5. The van der Waals surface area contributed by atoms with Crippen LogP contribution in [0.25, 0.3) is 0 Å². The van der Waals surface area contributed by atoms with E-state index in [9.17, 15) is 4.79 Å². The van der Waals surface area contributed by atoms with Gasteiger partial charge in [0.1, 0.15) is 4.34 Å². The molecular weight excluding hydrogens is 254 g/mol. The first-order valence-corrected chi connectivity index (χ1v) is 7.72. The minimum absolute atomic E-state index is 0.0398. The molecule has 2 atom stereocenters. The molecule has 1 saturated carbocycles. The van der Waals surface area contributed by atoms with E-state index in [4.69, 9.17) is 5.11 Å². The van der Waals surface area contributed by atoms with Gasteiger partial charge in [0.15, 0.2) is 0 Å². The van der Waals surface area contributed by atoms with E-state index < -0.39 is 5.97 Å². The molecule has 0 bridgehead atoms. The molecule has 5 heteroatoms. The van der Waals surface area contributed by atoms with Crippen molar-refractivity contribution in [2.24, 2.45) is 5.92 Å². The SMILES string of the molecule is CC1CCCC(Sc2nc(CC(=O)O)cs2)C1. The highest BCUT2D eigenvalue weighted by atomic mass is 32.2. The second-order valence-electron chi connectivity index (χ2n) is 4.69. The average molecular weight is 271 g/mol. The topological polar surface area (TPSA) is 50.2 Å². The van der Waals surface area contributed by atoms with Crippen molar-refractivity contribution in [1.82, 2.24) is 4.98 Å². The number of hydrogen-bond acceptors (Lipinski definition) is 4. The van der Waals surface area contributed by atoms with Gasteiger partial charge in [-0.15, -0.1) is 11.3 Å². The molecule has 1 N–H and O–H groups in total. The van der Waals surface area contributed by atoms with Crippen molar-refractivity contribution >= 4 is 29.1 Å². The minimum atomic E-state index is -0.807. The first kappa shape index (κ1) is 12.9. The van der Waals surface area contributed by atoms with Gasteiger partial charge in [-0.05, 0) is 18.8 Å². The number of carboxylic acids is 1. The second-order valence-corrected chi connectivity index (χ2v) is 7.09. The van der Waals surface area contributed by atoms with Crippen molar-refractivity contribution in [3.05, 3.63) is 11.1 Å². The van der Waals surface area contributed by atoms with E-state index in [1.54, 1.807) is 11.3 Å². The number of aromatic nitrogens is 1. The van der Waals surface area contributed by atoms with Crippen LogP contribution in [0.5, 0.6) is 0 Å². The van der Waals surface area contributed by atoms with Crippen LogP contribution in [0.4, 0.5) is 0 Å². The maximum Gasteiger partial charge on any atom is 0.309 e. The second kappa shape index (κ2) is 5.87. The van der Waals surface area contributed by atoms with Crippen molar-refractivity contribution < 1.29 is 9.90 Å². The van der Waals surface area contributed by atoms with Crippen molar-refractivity contribution in [3.8, 4) is 0 Å². The van der Waals surface area contributed by atoms with Gasteiger partial charge in [0.05, 0.1) is 12.1 Å². The highest BCUT2D eigenvalue weighted by Crippen LogP contribution is 2.37. The van der Waals surface area contributed by atoms with Crippen molar-refractivity contribution in [2.45, 2.75) is 48.6 Å². The fourth-order valence-corrected chi connectivity index (χ4v) is 4.69. The summed E-state index contributed by atoms with van der Waals surface area (Å²) in [5, 5.41) is 11.2. The molecule has 2 unspecified atom stereocenters. The summed E-state index contributed by atoms with van der Waals surface area (Å²) < 4.78 is 1.03. The van der Waals surface area contributed by atoms with Crippen LogP contribution in [0.1, 0.15) is 38.3 Å². The number of rotatable bonds is 4. The molecule has 3 nitrogen and oxygen atoms in total. The van der Waals surface area contributed by atoms with Crippen molar-refractivity contribution in [1.29, 1.82) is 0 Å². The number of hydrogen-bond donors (Lipinski definition) is 1. The number of carboxylic acid groups (broad SMARTS) is 1. The number of carbonyl (C=O) groups is 1. The van der Waals surface area contributed by atoms with Gasteiger partial charge in [-0.25, -0.2) is 4.98 Å². The van der Waals surface area contributed by atoms with Gasteiger partial charge in [-0.1, -0.05) is 31.5 Å². The lowest BCUT2D eigenvalue weighted by molar-refractivity contribution is -0.136. The van der Waals surface area contributed by atoms with Gasteiger partial charge in [0.25, 0.3) is 0 Å². The fraction of sp³-hybridized carbons (Fsp3) is 0.667. The van der Waals surface area contributed by atoms with Crippen molar-refractivity contribution in [3.63, 3.8) is 0 Å². The normalized spacial score (nSPS) is 24.8. The molecule has 0 aliphatic heterocycles. The first-order valence-electron chi connectivity index (χ1n) is 5.96. The molecular formula is C12H17NO2S2. The fourth-order valence-electron chi connectivity index (χ4n) is 2.21. The molecule has 1 fully saturated rings. The van der Waals surface area contributed by atoms with Crippen LogP contribution in [0, 0.1) is 5.92 Å². The van der Waals surface area contributed by atoms with E-state index in [2.05, 4.69) is 11.9 Å². The summed E-state index contributed by atoms with van der Waals surface area (Å²) >= 11 is 3.41. The molecule has 1 aromatic rings. The highest BCUT2D eigenvalue weighted by Gasteiger charge is 2.21. The summed E-state index contributed by atoms with van der Waals surface area (Å²) in [5.41, 5.74) is 0.689. The van der Waals surface area contributed by atoms with E-state index in [0.29, 0.717) is 10.9 Å². The number of thiazole rings is 1. The lowest BCUT2D eigenvalue weighted by Crippen LogP contribution is -2.14. The molecule has 0 spiro atoms. The van der Waals surface area contributed by atoms with Crippen LogP contribution in [-0.2, 0) is 11.2 Å². The predicted octanol–water partition coefficient (Wildman–Crippen LogP) is 3.44. The van der Waals surface area contributed by atoms with Crippen molar-refractivity contribution in [2.75, 3.05) is 0 Å². The largest absolute Gasteiger partial charge is 0.481 e. The Bertz CT molecular complexity index is 392. The summed E-state index contributed by atoms with van der Waals surface area (Å²) in [5.74, 6) is 0.0119. The van der Waals surface area contributed by atoms with Crippen LogP contribution in [0.2, 0.25) is 0 Å². The summed E-state index contributed by atoms with van der Waals surface area (Å²) in [4.78, 5) is 14.9. The summed E-state index contributed by atoms with van der Waals surface area (Å²) in [6.45, 7) is 2.31. The Hall–Kier alpha value is -0.550. The lowest BCUT2D eigenvalue weighted by atomic mass is 9.91. The molecule has 1 aromatic heterocycles. The monoisotopic (exact) mass is 271 g/mol. The van der Waals surface area contributed by atoms with Gasteiger partial charge in [0, 0.05) is 10.6 Å². The van der Waals surface area contributed by atoms with E-state index in [-0.39, 0.29) is 6.42 Å². The maximum absolute atomic E-state index is 10.6. The third-order valence-corrected chi connectivity index (χ3v) is 5.33. The van der Waals surface area contributed by atoms with Crippen LogP contribution >= 0.6 is 23.1 Å². The molecule has 0 aromatic carbocycles. The van der Waals surface area contributed by atoms with Gasteiger partial charge in [-0.2, -0.15) is 0 Å². The quantitative estimate of drug-likeness (QED) is 0.911. The minimum Gasteiger partial charge on any atom is -0.481 e. The summed E-state index contributed by atoms with van der Waals surface area (Å²) in [6, 6.07) is 0. The van der Waals surface area contributed by atoms with Gasteiger partial charge in [0.2, 0.25) is 0 Å². The summed E-state index contributed by atoms with van der Waals surface area (Å²) in [6.07, 6.45) is 5.23. The van der Waals surface area contributed by atoms with Gasteiger partial charge in [-0.3, -0.25) is 4.79 Å². The van der Waals surface area contributed by atoms with E-state index >= 15 is 0 Å². The van der Waals surface area contributed by atoms with Crippen LogP contribution in [0.15, 0.2) is 9.72 Å². The lowest BCUT2D eigenvalue weighted by Gasteiger charge is -2.25. The first-order chi connectivity index (χ1) is 8.13. The zero-order chi connectivity index (χ0) is 12.3. The van der Waals surface area contributed by atoms with Gasteiger partial charge >= 0.3 is 5.97 Å². The molecule has 1 heterocycles. The van der Waals surface area contributed by atoms with Crippen LogP contribution in [0.3, 0.4) is 0 Å². The number of aliphatic carboxylic acids is 1. The highest BCUT2D eigenvalue weighted by molar-refractivity contribution is 8.01. The molecule has 0 saturated heterocycles. The molecule has 2 rings (SSSR count). The molecule has 1 aliphatic rings. The maximum atomic E-state index is 10.6. The predicted molar refractivity (Wildman–Crippen MR) is 70.7 cm³/mol. The standard InChI is InChI=1S/C12H17NO2S2/c1-8-3-2-4-10(5-8)17-12-13-9(7-16-12)6-11(14)15/h7-8,10H,2-6H2,1H3,(H,14,15). The Labute approximate surface area is 110 Å². The Morgan fingerprint density at radius 1 is 1.65 bits per heavy atom. The smallest absolute Gasteiger partial charge is 0.309 e. The third kappa shape index (κ3) is 4.00. The van der Waals surface area contributed by atoms with E-state index in [1.807, 2.05) is 17.1 Å². The molecule has 1 aliphatic carbocycles.